The fourth-order valence-corrected chi connectivity index (χ4v) is 11.0. The Kier molecular flexibility index (Phi) is 3.97. The van der Waals surface area contributed by atoms with Crippen LogP contribution in [0.5, 0.6) is 0 Å². The van der Waals surface area contributed by atoms with Crippen molar-refractivity contribution in [2.45, 2.75) is 23.6 Å². The molecule has 0 amide bonds. The maximum absolute atomic E-state index is 2.52. The van der Waals surface area contributed by atoms with Crippen molar-refractivity contribution in [3.05, 3.63) is 0 Å². The molecule has 0 nitrogen and oxygen atoms in total. The third-order valence-corrected chi connectivity index (χ3v) is 14.2. The largest absolute Gasteiger partial charge is 0.172 e. The second-order valence-corrected chi connectivity index (χ2v) is 19.3. The highest BCUT2D eigenvalue weighted by atomic mass is 32.6. The van der Waals surface area contributed by atoms with Gasteiger partial charge >= 0.3 is 0 Å². The summed E-state index contributed by atoms with van der Waals surface area (Å²) in [7, 11) is 0. The van der Waals surface area contributed by atoms with Gasteiger partial charge in [0.1, 0.15) is 0 Å². The van der Waals surface area contributed by atoms with Crippen molar-refractivity contribution in [3.63, 3.8) is 0 Å². The van der Waals surface area contributed by atoms with Crippen LogP contribution < -0.4 is 0 Å². The molecule has 0 bridgehead atoms. The second kappa shape index (κ2) is 4.64. The second-order valence-electron chi connectivity index (χ2n) is 3.93. The van der Waals surface area contributed by atoms with Crippen LogP contribution in [0.15, 0.2) is 0 Å². The van der Waals surface area contributed by atoms with Crippen molar-refractivity contribution in [1.82, 2.24) is 0 Å². The van der Waals surface area contributed by atoms with Gasteiger partial charge in [0.15, 0.2) is 6.37 Å². The van der Waals surface area contributed by atoms with Crippen LogP contribution >= 0.6 is 45.9 Å². The fourth-order valence-electron chi connectivity index (χ4n) is 0.957. The summed E-state index contributed by atoms with van der Waals surface area (Å²) in [6, 6.07) is 0. The minimum Gasteiger partial charge on any atom is -0.172 e. The summed E-state index contributed by atoms with van der Waals surface area (Å²) in [6.45, 7) is 5.03. The van der Waals surface area contributed by atoms with Gasteiger partial charge in [-0.25, -0.2) is 0 Å². The van der Waals surface area contributed by atoms with Gasteiger partial charge in [0.25, 0.3) is 0 Å². The van der Waals surface area contributed by atoms with E-state index in [2.05, 4.69) is 59.0 Å². The molecular formula is C8H16S4Si. The van der Waals surface area contributed by atoms with E-state index >= 15 is 0 Å². The lowest BCUT2D eigenvalue weighted by Gasteiger charge is -2.20. The molecule has 0 aromatic carbocycles. The molecule has 0 aliphatic carbocycles. The number of hydrogen-bond acceptors (Lipinski definition) is 4. The average molecular weight is 269 g/mol. The lowest BCUT2D eigenvalue weighted by Crippen LogP contribution is -2.19. The summed E-state index contributed by atoms with van der Waals surface area (Å²) in [5.41, 5.74) is 0. The molecule has 2 saturated heterocycles. The SMILES string of the molecule is C[Si](C)(SCC1CS1)SCC1CS1. The maximum Gasteiger partial charge on any atom is 0.170 e. The summed E-state index contributed by atoms with van der Waals surface area (Å²) in [6.07, 6.45) is -0.942. The van der Waals surface area contributed by atoms with Crippen LogP contribution in [-0.2, 0) is 0 Å². The van der Waals surface area contributed by atoms with Gasteiger partial charge in [-0.05, 0) is 0 Å². The molecule has 0 aromatic heterocycles. The third kappa shape index (κ3) is 4.78. The van der Waals surface area contributed by atoms with Crippen molar-refractivity contribution in [2.24, 2.45) is 0 Å². The molecule has 2 aliphatic rings. The summed E-state index contributed by atoms with van der Waals surface area (Å²) < 4.78 is 0. The fraction of sp³-hybridized carbons (Fsp3) is 1.00. The summed E-state index contributed by atoms with van der Waals surface area (Å²) in [5.74, 6) is 5.71. The van der Waals surface area contributed by atoms with E-state index < -0.39 is 6.37 Å². The Bertz CT molecular complexity index is 159. The molecule has 0 aromatic rings. The molecule has 5 heteroatoms. The molecule has 13 heavy (non-hydrogen) atoms. The van der Waals surface area contributed by atoms with Crippen molar-refractivity contribution < 1.29 is 0 Å². The number of hydrogen-bond donors (Lipinski definition) is 0. The topological polar surface area (TPSA) is 0 Å². The lowest BCUT2D eigenvalue weighted by molar-refractivity contribution is 1.27. The molecule has 2 aliphatic heterocycles. The van der Waals surface area contributed by atoms with E-state index in [-0.39, 0.29) is 0 Å². The average Bonchev–Trinajstić information content (AvgIpc) is 2.92. The molecule has 2 fully saturated rings. The molecule has 2 unspecified atom stereocenters. The molecule has 2 heterocycles. The Morgan fingerprint density at radius 1 is 1.08 bits per heavy atom. The minimum atomic E-state index is -0.942. The van der Waals surface area contributed by atoms with Crippen LogP contribution in [0.3, 0.4) is 0 Å². The first kappa shape index (κ1) is 11.1. The van der Waals surface area contributed by atoms with Gasteiger partial charge in [-0.3, -0.25) is 0 Å². The monoisotopic (exact) mass is 268 g/mol. The number of rotatable bonds is 6. The highest BCUT2D eigenvalue weighted by molar-refractivity contribution is 8.58. The Balaban J connectivity index is 1.60. The van der Waals surface area contributed by atoms with Gasteiger partial charge < -0.3 is 0 Å². The zero-order chi connectivity index (χ0) is 9.31. The number of thioether (sulfide) groups is 2. The zero-order valence-corrected chi connectivity index (χ0v) is 12.4. The molecular weight excluding hydrogens is 252 g/mol. The molecule has 0 saturated carbocycles. The predicted molar refractivity (Wildman–Crippen MR) is 74.9 cm³/mol. The summed E-state index contributed by atoms with van der Waals surface area (Å²) >= 11 is 8.85. The van der Waals surface area contributed by atoms with E-state index in [0.29, 0.717) is 0 Å². The Morgan fingerprint density at radius 2 is 1.46 bits per heavy atom. The van der Waals surface area contributed by atoms with E-state index in [1.807, 2.05) is 0 Å². The highest BCUT2D eigenvalue weighted by Gasteiger charge is 2.31. The molecule has 2 rings (SSSR count). The zero-order valence-electron chi connectivity index (χ0n) is 8.12. The maximum atomic E-state index is 2.52. The normalized spacial score (nSPS) is 31.8. The summed E-state index contributed by atoms with van der Waals surface area (Å²) in [4.78, 5) is 0. The Hall–Kier alpha value is 1.62. The van der Waals surface area contributed by atoms with Crippen molar-refractivity contribution >= 4 is 52.3 Å². The third-order valence-electron chi connectivity index (χ3n) is 2.04. The first-order chi connectivity index (χ1) is 6.16. The van der Waals surface area contributed by atoms with Crippen molar-refractivity contribution in [2.75, 3.05) is 23.0 Å². The summed E-state index contributed by atoms with van der Waals surface area (Å²) in [5, 5.41) is 2.04. The van der Waals surface area contributed by atoms with Gasteiger partial charge in [0.2, 0.25) is 0 Å². The van der Waals surface area contributed by atoms with Gasteiger partial charge in [-0.2, -0.15) is 45.9 Å². The smallest absolute Gasteiger partial charge is 0.170 e. The van der Waals surface area contributed by atoms with Gasteiger partial charge in [-0.15, -0.1) is 0 Å². The van der Waals surface area contributed by atoms with E-state index in [1.54, 1.807) is 0 Å². The molecule has 0 N–H and O–H groups in total. The van der Waals surface area contributed by atoms with Crippen LogP contribution in [0.25, 0.3) is 0 Å². The molecule has 2 atom stereocenters. The van der Waals surface area contributed by atoms with Gasteiger partial charge in [0, 0.05) is 33.5 Å². The van der Waals surface area contributed by atoms with Crippen LogP contribution in [0.1, 0.15) is 0 Å². The van der Waals surface area contributed by atoms with Gasteiger partial charge in [-0.1, -0.05) is 13.1 Å². The molecule has 0 spiro atoms. The van der Waals surface area contributed by atoms with Crippen LogP contribution in [0.4, 0.5) is 0 Å². The standard InChI is InChI=1S/C8H16S4Si/c1-13(2,11-5-7-3-9-7)12-6-8-4-10-8/h7-8H,3-6H2,1-2H3. The Labute approximate surface area is 98.4 Å². The first-order valence-corrected chi connectivity index (χ1v) is 13.2. The van der Waals surface area contributed by atoms with E-state index in [1.165, 1.54) is 23.0 Å². The van der Waals surface area contributed by atoms with E-state index in [0.717, 1.165) is 10.5 Å². The first-order valence-electron chi connectivity index (χ1n) is 4.67. The quantitative estimate of drug-likeness (QED) is 0.535. The van der Waals surface area contributed by atoms with Crippen molar-refractivity contribution in [3.8, 4) is 0 Å². The Morgan fingerprint density at radius 3 is 1.77 bits per heavy atom. The van der Waals surface area contributed by atoms with Crippen molar-refractivity contribution in [1.29, 1.82) is 0 Å². The molecule has 76 valence electrons. The lowest BCUT2D eigenvalue weighted by atomic mass is 10.6. The van der Waals surface area contributed by atoms with Gasteiger partial charge in [0.05, 0.1) is 0 Å². The molecule has 0 radical (unpaired) electrons. The van der Waals surface area contributed by atoms with Crippen LogP contribution in [0.2, 0.25) is 13.1 Å². The van der Waals surface area contributed by atoms with E-state index in [4.69, 9.17) is 0 Å². The van der Waals surface area contributed by atoms with E-state index in [9.17, 15) is 0 Å². The highest BCUT2D eigenvalue weighted by Crippen LogP contribution is 2.42. The predicted octanol–water partition coefficient (Wildman–Crippen LogP) is 3.39. The van der Waals surface area contributed by atoms with Crippen LogP contribution in [0, 0.1) is 0 Å². The minimum absolute atomic E-state index is 0.942. The van der Waals surface area contributed by atoms with Crippen LogP contribution in [-0.4, -0.2) is 39.9 Å².